The van der Waals surface area contributed by atoms with Gasteiger partial charge in [0.05, 0.1) is 23.7 Å². The molecule has 1 fully saturated rings. The van der Waals surface area contributed by atoms with E-state index in [9.17, 15) is 18.7 Å². The van der Waals surface area contributed by atoms with E-state index in [1.54, 1.807) is 6.20 Å². The zero-order valence-corrected chi connectivity index (χ0v) is 19.0. The Balaban J connectivity index is 1.47. The van der Waals surface area contributed by atoms with Gasteiger partial charge in [0.1, 0.15) is 10.0 Å². The number of nitrogens with two attached hydrogens (primary N) is 2. The predicted molar refractivity (Wildman–Crippen MR) is 127 cm³/mol. The van der Waals surface area contributed by atoms with E-state index >= 15 is 0 Å². The topological polar surface area (TPSA) is 130 Å². The van der Waals surface area contributed by atoms with Crippen LogP contribution < -0.4 is 21.7 Å². The lowest BCUT2D eigenvalue weighted by atomic mass is 10.0. The van der Waals surface area contributed by atoms with Crippen molar-refractivity contribution in [2.24, 2.45) is 5.73 Å². The Morgan fingerprint density at radius 1 is 1.29 bits per heavy atom. The summed E-state index contributed by atoms with van der Waals surface area (Å²) >= 11 is 0.911. The summed E-state index contributed by atoms with van der Waals surface area (Å²) in [6, 6.07) is 3.36. The van der Waals surface area contributed by atoms with Crippen molar-refractivity contribution in [3.63, 3.8) is 0 Å². The zero-order valence-electron chi connectivity index (χ0n) is 18.2. The average molecular weight is 487 g/mol. The number of aliphatic hydroxyl groups is 1. The van der Waals surface area contributed by atoms with Crippen molar-refractivity contribution >= 4 is 33.6 Å². The van der Waals surface area contributed by atoms with Gasteiger partial charge in [-0.1, -0.05) is 17.4 Å². The number of aromatic nitrogens is 2. The van der Waals surface area contributed by atoms with Crippen molar-refractivity contribution in [2.75, 3.05) is 29.0 Å². The minimum absolute atomic E-state index is 0.0588. The van der Waals surface area contributed by atoms with Crippen LogP contribution in [0.15, 0.2) is 24.4 Å². The van der Waals surface area contributed by atoms with Crippen LogP contribution in [0.1, 0.15) is 34.6 Å². The van der Waals surface area contributed by atoms with Gasteiger partial charge in [-0.05, 0) is 43.4 Å². The number of amides is 1. The van der Waals surface area contributed by atoms with Gasteiger partial charge in [-0.15, -0.1) is 0 Å². The zero-order chi connectivity index (χ0) is 24.0. The van der Waals surface area contributed by atoms with Gasteiger partial charge in [0.25, 0.3) is 5.91 Å². The van der Waals surface area contributed by atoms with Crippen LogP contribution in [0.25, 0.3) is 10.6 Å². The van der Waals surface area contributed by atoms with Crippen LogP contribution in [-0.4, -0.2) is 46.2 Å². The molecule has 11 heteroatoms. The van der Waals surface area contributed by atoms with Gasteiger partial charge < -0.3 is 26.8 Å². The Morgan fingerprint density at radius 2 is 2.12 bits per heavy atom. The third-order valence-electron chi connectivity index (χ3n) is 6.31. The number of rotatable bonds is 4. The summed E-state index contributed by atoms with van der Waals surface area (Å²) in [7, 11) is 0. The number of benzene rings is 1. The number of hydrogen-bond donors (Lipinski definition) is 4. The maximum Gasteiger partial charge on any atom is 0.277 e. The Labute approximate surface area is 198 Å². The smallest absolute Gasteiger partial charge is 0.277 e. The highest BCUT2D eigenvalue weighted by Gasteiger charge is 2.31. The number of carbonyl (C=O) groups is 1. The number of carbonyl (C=O) groups excluding carboxylic acids is 1. The first-order chi connectivity index (χ1) is 16.3. The van der Waals surface area contributed by atoms with E-state index in [1.165, 1.54) is 12.1 Å². The molecule has 6 N–H and O–H groups in total. The number of nitrogens with zero attached hydrogens (tertiary/aromatic N) is 3. The fourth-order valence-corrected chi connectivity index (χ4v) is 5.43. The van der Waals surface area contributed by atoms with Gasteiger partial charge in [-0.2, -0.15) is 0 Å². The van der Waals surface area contributed by atoms with Gasteiger partial charge in [0.2, 0.25) is 0 Å². The minimum atomic E-state index is -1.04. The second-order valence-corrected chi connectivity index (χ2v) is 9.58. The number of anilines is 3. The molecule has 1 aromatic carbocycles. The predicted octanol–water partition coefficient (Wildman–Crippen LogP) is 2.70. The molecule has 5 rings (SSSR count). The van der Waals surface area contributed by atoms with Gasteiger partial charge >= 0.3 is 0 Å². The van der Waals surface area contributed by atoms with E-state index in [2.05, 4.69) is 20.2 Å². The highest BCUT2D eigenvalue weighted by molar-refractivity contribution is 7.19. The van der Waals surface area contributed by atoms with Crippen molar-refractivity contribution in [2.45, 2.75) is 37.8 Å². The molecule has 1 amide bonds. The van der Waals surface area contributed by atoms with Crippen LogP contribution in [0.4, 0.5) is 25.2 Å². The summed E-state index contributed by atoms with van der Waals surface area (Å²) in [6.45, 7) is 1.04. The first-order valence-corrected chi connectivity index (χ1v) is 11.9. The molecule has 2 aliphatic rings. The number of nitrogen functional groups attached to an aromatic ring is 1. The third-order valence-corrected chi connectivity index (χ3v) is 7.23. The number of halogens is 2. The molecule has 0 unspecified atom stereocenters. The normalized spacial score (nSPS) is 19.8. The van der Waals surface area contributed by atoms with Crippen molar-refractivity contribution in [3.8, 4) is 10.6 Å². The molecule has 8 nitrogen and oxygen atoms in total. The summed E-state index contributed by atoms with van der Waals surface area (Å²) in [5, 5.41) is 13.1. The van der Waals surface area contributed by atoms with Crippen LogP contribution in [-0.2, 0) is 12.8 Å². The molecule has 34 heavy (non-hydrogen) atoms. The Bertz CT molecular complexity index is 1270. The van der Waals surface area contributed by atoms with Gasteiger partial charge in [-0.3, -0.25) is 9.78 Å². The van der Waals surface area contributed by atoms with E-state index in [0.29, 0.717) is 25.2 Å². The number of aryl methyl sites for hydroxylation is 1. The second-order valence-electron chi connectivity index (χ2n) is 8.55. The number of nitrogens with one attached hydrogen (secondary N) is 1. The summed E-state index contributed by atoms with van der Waals surface area (Å²) in [4.78, 5) is 24.0. The van der Waals surface area contributed by atoms with Crippen LogP contribution in [0.2, 0.25) is 0 Å². The molecule has 0 spiro atoms. The lowest BCUT2D eigenvalue weighted by Crippen LogP contribution is -2.51. The standard InChI is InChI=1S/C23H24F2N6O2S/c24-13-5-1-4-12(18(13)25)23-30-19(21(27)34-23)22(33)29-16-9-28-15-6-2-3-11(15)20(16)31-8-7-17(32)14(26)10-31/h1,4-5,9,14,17,32H,2-3,6-8,10,26-27H2,(H,29,33)/t14-,17-/m0/s1. The number of hydrogen-bond acceptors (Lipinski definition) is 8. The Morgan fingerprint density at radius 3 is 2.91 bits per heavy atom. The quantitative estimate of drug-likeness (QED) is 0.446. The van der Waals surface area contributed by atoms with Crippen molar-refractivity contribution in [1.29, 1.82) is 0 Å². The second kappa shape index (κ2) is 8.90. The molecule has 3 heterocycles. The summed E-state index contributed by atoms with van der Waals surface area (Å²) in [5.74, 6) is -2.62. The Hall–Kier alpha value is -3.15. The number of thiazole rings is 1. The van der Waals surface area contributed by atoms with E-state index in [0.717, 1.165) is 53.6 Å². The largest absolute Gasteiger partial charge is 0.391 e. The van der Waals surface area contributed by atoms with Crippen LogP contribution in [0.3, 0.4) is 0 Å². The van der Waals surface area contributed by atoms with Crippen molar-refractivity contribution in [1.82, 2.24) is 9.97 Å². The van der Waals surface area contributed by atoms with Crippen molar-refractivity contribution in [3.05, 3.63) is 53.0 Å². The average Bonchev–Trinajstić information content (AvgIpc) is 3.44. The van der Waals surface area contributed by atoms with Crippen LogP contribution in [0.5, 0.6) is 0 Å². The summed E-state index contributed by atoms with van der Waals surface area (Å²) < 4.78 is 27.9. The lowest BCUT2D eigenvalue weighted by Gasteiger charge is -2.37. The van der Waals surface area contributed by atoms with E-state index < -0.39 is 29.7 Å². The van der Waals surface area contributed by atoms with E-state index in [-0.39, 0.29) is 21.3 Å². The number of fused-ring (bicyclic) bond motifs is 1. The molecule has 0 radical (unpaired) electrons. The molecule has 2 aromatic heterocycles. The monoisotopic (exact) mass is 486 g/mol. The van der Waals surface area contributed by atoms with E-state index in [4.69, 9.17) is 11.5 Å². The molecule has 1 saturated heterocycles. The Kier molecular flexibility index (Phi) is 5.92. The number of piperidine rings is 1. The van der Waals surface area contributed by atoms with Gasteiger partial charge in [0, 0.05) is 30.4 Å². The highest BCUT2D eigenvalue weighted by Crippen LogP contribution is 2.38. The SMILES string of the molecule is Nc1sc(-c2cccc(F)c2F)nc1C(=O)Nc1cnc2c(c1N1CC[C@H](O)[C@@H](N)C1)CCC2. The van der Waals surface area contributed by atoms with Crippen LogP contribution >= 0.6 is 11.3 Å². The molecular weight excluding hydrogens is 462 g/mol. The first kappa shape index (κ1) is 22.6. The molecule has 1 aliphatic heterocycles. The van der Waals surface area contributed by atoms with Crippen molar-refractivity contribution < 1.29 is 18.7 Å². The molecule has 2 atom stereocenters. The number of aliphatic hydroxyl groups excluding tert-OH is 1. The molecule has 1 aliphatic carbocycles. The molecule has 178 valence electrons. The number of pyridine rings is 1. The first-order valence-electron chi connectivity index (χ1n) is 11.0. The lowest BCUT2D eigenvalue weighted by molar-refractivity contribution is 0.102. The highest BCUT2D eigenvalue weighted by atomic mass is 32.1. The molecule has 3 aromatic rings. The summed E-state index contributed by atoms with van der Waals surface area (Å²) in [6.07, 6.45) is 4.23. The minimum Gasteiger partial charge on any atom is -0.391 e. The van der Waals surface area contributed by atoms with E-state index in [1.807, 2.05) is 0 Å². The maximum atomic E-state index is 14.2. The summed E-state index contributed by atoms with van der Waals surface area (Å²) in [5.41, 5.74) is 15.4. The van der Waals surface area contributed by atoms with Gasteiger partial charge in [0.15, 0.2) is 17.3 Å². The molecule has 0 bridgehead atoms. The maximum absolute atomic E-state index is 14.2. The third kappa shape index (κ3) is 3.99. The fraction of sp³-hybridized carbons (Fsp3) is 0.348. The van der Waals surface area contributed by atoms with Crippen LogP contribution in [0, 0.1) is 11.6 Å². The molecular formula is C23H24F2N6O2S. The molecule has 0 saturated carbocycles. The fourth-order valence-electron chi connectivity index (χ4n) is 4.58. The van der Waals surface area contributed by atoms with Gasteiger partial charge in [-0.25, -0.2) is 13.8 Å².